The molecular formula is C21H21NO. The Kier molecular flexibility index (Phi) is 3.13. The van der Waals surface area contributed by atoms with Crippen LogP contribution in [0, 0.1) is 0 Å². The Morgan fingerprint density at radius 2 is 1.57 bits per heavy atom. The average molecular weight is 303 g/mol. The summed E-state index contributed by atoms with van der Waals surface area (Å²) < 4.78 is 5.95. The highest BCUT2D eigenvalue weighted by Gasteiger charge is 2.44. The molecule has 3 unspecified atom stereocenters. The van der Waals surface area contributed by atoms with Crippen LogP contribution in [-0.4, -0.2) is 25.8 Å². The van der Waals surface area contributed by atoms with Gasteiger partial charge in [0.1, 0.15) is 0 Å². The van der Waals surface area contributed by atoms with Gasteiger partial charge in [-0.2, -0.15) is 0 Å². The van der Waals surface area contributed by atoms with Gasteiger partial charge in [0, 0.05) is 13.1 Å². The van der Waals surface area contributed by atoms with Crippen molar-refractivity contribution < 1.29 is 4.74 Å². The molecule has 1 saturated heterocycles. The largest absolute Gasteiger partial charge is 0.371 e. The number of hydrogen-bond donors (Lipinski definition) is 1. The first-order chi connectivity index (χ1) is 11.4. The molecule has 3 aliphatic rings. The third-order valence-corrected chi connectivity index (χ3v) is 5.40. The van der Waals surface area contributed by atoms with E-state index in [2.05, 4.69) is 59.9 Å². The maximum Gasteiger partial charge on any atom is 0.0889 e. The molecule has 5 rings (SSSR count). The molecule has 2 nitrogen and oxygen atoms in total. The van der Waals surface area contributed by atoms with Crippen molar-refractivity contribution >= 4 is 5.57 Å². The van der Waals surface area contributed by atoms with Crippen molar-refractivity contribution in [2.45, 2.75) is 24.4 Å². The summed E-state index contributed by atoms with van der Waals surface area (Å²) in [5.41, 5.74) is 7.20. The van der Waals surface area contributed by atoms with Crippen molar-refractivity contribution in [3.05, 3.63) is 76.9 Å². The average Bonchev–Trinajstić information content (AvgIpc) is 3.41. The van der Waals surface area contributed by atoms with Gasteiger partial charge in [-0.1, -0.05) is 48.5 Å². The van der Waals surface area contributed by atoms with E-state index in [9.17, 15) is 0 Å². The Morgan fingerprint density at radius 1 is 0.913 bits per heavy atom. The quantitative estimate of drug-likeness (QED) is 0.867. The first kappa shape index (κ1) is 13.5. The lowest BCUT2D eigenvalue weighted by Gasteiger charge is -2.23. The van der Waals surface area contributed by atoms with E-state index >= 15 is 0 Å². The molecule has 3 atom stereocenters. The number of rotatable bonds is 1. The fourth-order valence-electron chi connectivity index (χ4n) is 4.22. The van der Waals surface area contributed by atoms with Crippen LogP contribution in [0.15, 0.2) is 54.6 Å². The summed E-state index contributed by atoms with van der Waals surface area (Å²) >= 11 is 0. The van der Waals surface area contributed by atoms with Crippen LogP contribution in [0.3, 0.4) is 0 Å². The van der Waals surface area contributed by atoms with E-state index in [1.54, 1.807) is 0 Å². The van der Waals surface area contributed by atoms with Gasteiger partial charge < -0.3 is 10.1 Å². The van der Waals surface area contributed by atoms with Crippen molar-refractivity contribution in [2.24, 2.45) is 0 Å². The van der Waals surface area contributed by atoms with Gasteiger partial charge in [0.15, 0.2) is 0 Å². The zero-order chi connectivity index (χ0) is 15.2. The van der Waals surface area contributed by atoms with Gasteiger partial charge >= 0.3 is 0 Å². The zero-order valence-corrected chi connectivity index (χ0v) is 13.2. The molecule has 1 saturated carbocycles. The van der Waals surface area contributed by atoms with Gasteiger partial charge in [-0.3, -0.25) is 0 Å². The lowest BCUT2D eigenvalue weighted by atomic mass is 9.90. The van der Waals surface area contributed by atoms with E-state index in [1.807, 2.05) is 0 Å². The van der Waals surface area contributed by atoms with Crippen LogP contribution in [0.25, 0.3) is 5.57 Å². The second-order valence-corrected chi connectivity index (χ2v) is 6.82. The molecule has 0 spiro atoms. The molecule has 116 valence electrons. The maximum atomic E-state index is 5.95. The predicted octanol–water partition coefficient (Wildman–Crippen LogP) is 3.69. The van der Waals surface area contributed by atoms with E-state index in [1.165, 1.54) is 34.2 Å². The number of morpholine rings is 1. The first-order valence-corrected chi connectivity index (χ1v) is 8.64. The molecule has 0 radical (unpaired) electrons. The molecule has 0 aromatic heterocycles. The second kappa shape index (κ2) is 5.33. The molecule has 2 aliphatic carbocycles. The number of hydrogen-bond acceptors (Lipinski definition) is 2. The van der Waals surface area contributed by atoms with Gasteiger partial charge in [-0.05, 0) is 52.2 Å². The zero-order valence-electron chi connectivity index (χ0n) is 13.2. The highest BCUT2D eigenvalue weighted by molar-refractivity contribution is 5.86. The summed E-state index contributed by atoms with van der Waals surface area (Å²) in [5.74, 6) is 1.40. The Bertz CT molecular complexity index is 719. The Morgan fingerprint density at radius 3 is 2.17 bits per heavy atom. The second-order valence-electron chi connectivity index (χ2n) is 6.82. The minimum atomic E-state index is 0.161. The summed E-state index contributed by atoms with van der Waals surface area (Å²) in [6.45, 7) is 2.65. The molecule has 2 heteroatoms. The van der Waals surface area contributed by atoms with Gasteiger partial charge in [-0.15, -0.1) is 0 Å². The number of nitrogens with one attached hydrogen (secondary N) is 1. The van der Waals surface area contributed by atoms with Crippen LogP contribution < -0.4 is 5.32 Å². The monoisotopic (exact) mass is 303 g/mol. The molecule has 1 aliphatic heterocycles. The first-order valence-electron chi connectivity index (χ1n) is 8.64. The lowest BCUT2D eigenvalue weighted by molar-refractivity contribution is 0.0594. The van der Waals surface area contributed by atoms with Crippen molar-refractivity contribution in [3.63, 3.8) is 0 Å². The molecular weight excluding hydrogens is 282 g/mol. The van der Waals surface area contributed by atoms with Crippen LogP contribution in [0.4, 0.5) is 0 Å². The lowest BCUT2D eigenvalue weighted by Crippen LogP contribution is -2.37. The molecule has 1 heterocycles. The molecule has 2 aromatic rings. The third-order valence-electron chi connectivity index (χ3n) is 5.40. The minimum absolute atomic E-state index is 0.161. The van der Waals surface area contributed by atoms with Crippen molar-refractivity contribution in [1.82, 2.24) is 5.32 Å². The highest BCUT2D eigenvalue weighted by atomic mass is 16.5. The van der Waals surface area contributed by atoms with E-state index < -0.39 is 0 Å². The van der Waals surface area contributed by atoms with Gasteiger partial charge in [-0.25, -0.2) is 0 Å². The van der Waals surface area contributed by atoms with E-state index in [0.717, 1.165) is 19.7 Å². The minimum Gasteiger partial charge on any atom is -0.371 e. The smallest absolute Gasteiger partial charge is 0.0889 e. The van der Waals surface area contributed by atoms with Gasteiger partial charge in [0.25, 0.3) is 0 Å². The topological polar surface area (TPSA) is 21.3 Å². The normalized spacial score (nSPS) is 28.2. The Balaban J connectivity index is 1.70. The van der Waals surface area contributed by atoms with Crippen LogP contribution in [0.1, 0.15) is 40.5 Å². The molecule has 0 bridgehead atoms. The molecule has 2 aromatic carbocycles. The van der Waals surface area contributed by atoms with E-state index in [4.69, 9.17) is 4.74 Å². The van der Waals surface area contributed by atoms with Crippen molar-refractivity contribution in [1.29, 1.82) is 0 Å². The number of benzene rings is 2. The van der Waals surface area contributed by atoms with Crippen LogP contribution in [0.5, 0.6) is 0 Å². The summed E-state index contributed by atoms with van der Waals surface area (Å²) in [4.78, 5) is 0. The fourth-order valence-corrected chi connectivity index (χ4v) is 4.22. The number of fused-ring (bicyclic) bond motifs is 5. The molecule has 23 heavy (non-hydrogen) atoms. The van der Waals surface area contributed by atoms with Crippen LogP contribution in [-0.2, 0) is 4.74 Å². The molecule has 0 amide bonds. The summed E-state index contributed by atoms with van der Waals surface area (Å²) in [7, 11) is 0. The molecule has 1 N–H and O–H groups in total. The fraction of sp³-hybridized carbons (Fsp3) is 0.333. The van der Waals surface area contributed by atoms with Gasteiger partial charge in [0.2, 0.25) is 0 Å². The Hall–Kier alpha value is -1.90. The van der Waals surface area contributed by atoms with E-state index in [0.29, 0.717) is 11.8 Å². The van der Waals surface area contributed by atoms with Crippen LogP contribution in [0.2, 0.25) is 0 Å². The van der Waals surface area contributed by atoms with Crippen LogP contribution >= 0.6 is 0 Å². The SMILES string of the molecule is C(=C1c2ccccc2C2CC2c2ccccc21)C1CNCCO1. The standard InChI is InChI=1S/C21H21NO/c1-3-7-17-15(5-1)19(11-14-13-22-9-10-23-14)16-6-2-4-8-18(16)21-12-20(17)21/h1-8,11,14,20-22H,9-10,12-13H2. The van der Waals surface area contributed by atoms with Crippen molar-refractivity contribution in [3.8, 4) is 0 Å². The summed E-state index contributed by atoms with van der Waals surface area (Å²) in [6.07, 6.45) is 3.80. The highest BCUT2D eigenvalue weighted by Crippen LogP contribution is 2.60. The van der Waals surface area contributed by atoms with Crippen molar-refractivity contribution in [2.75, 3.05) is 19.7 Å². The third kappa shape index (κ3) is 2.25. The van der Waals surface area contributed by atoms with E-state index in [-0.39, 0.29) is 6.10 Å². The van der Waals surface area contributed by atoms with Gasteiger partial charge in [0.05, 0.1) is 12.7 Å². The predicted molar refractivity (Wildman–Crippen MR) is 92.7 cm³/mol. The number of ether oxygens (including phenoxy) is 1. The molecule has 2 fully saturated rings. The Labute approximate surface area is 137 Å². The maximum absolute atomic E-state index is 5.95. The summed E-state index contributed by atoms with van der Waals surface area (Å²) in [6, 6.07) is 17.9. The summed E-state index contributed by atoms with van der Waals surface area (Å²) in [5, 5.41) is 3.44.